The van der Waals surface area contributed by atoms with Crippen molar-refractivity contribution in [1.29, 1.82) is 0 Å². The number of carbonyl (C=O) groups is 3. The first-order chi connectivity index (χ1) is 15.4. The number of nitrogens with zero attached hydrogens (tertiary/aromatic N) is 1. The zero-order valence-corrected chi connectivity index (χ0v) is 17.8. The minimum absolute atomic E-state index is 0.0480. The molecule has 0 fully saturated rings. The zero-order chi connectivity index (χ0) is 22.9. The van der Waals surface area contributed by atoms with Crippen LogP contribution in [0.1, 0.15) is 34.4 Å². The zero-order valence-electron chi connectivity index (χ0n) is 17.8. The van der Waals surface area contributed by atoms with Gasteiger partial charge >= 0.3 is 17.8 Å². The van der Waals surface area contributed by atoms with Crippen LogP contribution in [0.2, 0.25) is 0 Å². The smallest absolute Gasteiger partial charge is 0.338 e. The Labute approximate surface area is 185 Å². The Morgan fingerprint density at radius 2 is 1.69 bits per heavy atom. The molecule has 0 saturated carbocycles. The molecule has 2 aromatic carbocycles. The van der Waals surface area contributed by atoms with E-state index in [2.05, 4.69) is 15.6 Å². The third-order valence-electron chi connectivity index (χ3n) is 4.34. The maximum atomic E-state index is 12.1. The highest BCUT2D eigenvalue weighted by molar-refractivity contribution is 6.39. The lowest BCUT2D eigenvalue weighted by Crippen LogP contribution is -2.34. The van der Waals surface area contributed by atoms with Crippen molar-refractivity contribution < 1.29 is 23.5 Å². The van der Waals surface area contributed by atoms with Crippen LogP contribution < -0.4 is 10.6 Å². The molecule has 8 nitrogen and oxygen atoms in total. The summed E-state index contributed by atoms with van der Waals surface area (Å²) in [5.74, 6) is -1.09. The normalized spacial score (nSPS) is 10.7. The van der Waals surface area contributed by atoms with E-state index in [0.29, 0.717) is 22.8 Å². The molecule has 0 bridgehead atoms. The number of hydrogen-bond donors (Lipinski definition) is 2. The lowest BCUT2D eigenvalue weighted by molar-refractivity contribution is -0.136. The van der Waals surface area contributed by atoms with Gasteiger partial charge in [-0.2, -0.15) is 0 Å². The summed E-state index contributed by atoms with van der Waals surface area (Å²) < 4.78 is 10.5. The van der Waals surface area contributed by atoms with Crippen molar-refractivity contribution in [2.24, 2.45) is 4.99 Å². The maximum Gasteiger partial charge on any atom is 0.338 e. The van der Waals surface area contributed by atoms with E-state index in [0.717, 1.165) is 11.3 Å². The molecule has 0 saturated heterocycles. The van der Waals surface area contributed by atoms with Crippen LogP contribution in [-0.2, 0) is 20.9 Å². The summed E-state index contributed by atoms with van der Waals surface area (Å²) in [7, 11) is 0. The number of esters is 1. The van der Waals surface area contributed by atoms with Crippen molar-refractivity contribution in [3.63, 3.8) is 0 Å². The number of hydrogen-bond acceptors (Lipinski definition) is 6. The number of carbonyl (C=O) groups excluding carboxylic acids is 3. The summed E-state index contributed by atoms with van der Waals surface area (Å²) in [4.78, 5) is 40.1. The number of benzene rings is 2. The van der Waals surface area contributed by atoms with E-state index in [9.17, 15) is 14.4 Å². The average Bonchev–Trinajstić information content (AvgIpc) is 3.25. The fourth-order valence-electron chi connectivity index (χ4n) is 2.67. The minimum Gasteiger partial charge on any atom is -0.462 e. The van der Waals surface area contributed by atoms with Crippen LogP contribution in [0.15, 0.2) is 70.1 Å². The van der Waals surface area contributed by atoms with Gasteiger partial charge < -0.3 is 19.8 Å². The quantitative estimate of drug-likeness (QED) is 0.335. The molecular weight excluding hydrogens is 410 g/mol. The standard InChI is InChI=1S/C24H23N3O5/c1-3-31-24(30)17-6-10-19(11-7-17)27-23(29)22(28)26-15-21-13-12-20(32-21)14-25-18-8-4-16(2)5-9-18/h4-14H,3,15H2,1-2H3,(H,26,28)(H,27,29). The van der Waals surface area contributed by atoms with Gasteiger partial charge in [0.25, 0.3) is 0 Å². The number of aryl methyl sites for hydroxylation is 1. The summed E-state index contributed by atoms with van der Waals surface area (Å²) >= 11 is 0. The Morgan fingerprint density at radius 1 is 0.969 bits per heavy atom. The van der Waals surface area contributed by atoms with Crippen molar-refractivity contribution in [3.8, 4) is 0 Å². The molecule has 0 aliphatic heterocycles. The minimum atomic E-state index is -0.832. The highest BCUT2D eigenvalue weighted by Gasteiger charge is 2.15. The van der Waals surface area contributed by atoms with Crippen molar-refractivity contribution in [2.75, 3.05) is 11.9 Å². The number of ether oxygens (including phenoxy) is 1. The molecule has 164 valence electrons. The van der Waals surface area contributed by atoms with Gasteiger partial charge in [0.1, 0.15) is 11.5 Å². The summed E-state index contributed by atoms with van der Waals surface area (Å²) in [6.45, 7) is 4.04. The molecule has 3 rings (SSSR count). The van der Waals surface area contributed by atoms with E-state index in [4.69, 9.17) is 9.15 Å². The third-order valence-corrected chi connectivity index (χ3v) is 4.34. The Balaban J connectivity index is 1.48. The van der Waals surface area contributed by atoms with Crippen LogP contribution in [0, 0.1) is 6.92 Å². The maximum absolute atomic E-state index is 12.1. The van der Waals surface area contributed by atoms with Gasteiger partial charge in [0.05, 0.1) is 30.6 Å². The summed E-state index contributed by atoms with van der Waals surface area (Å²) in [6.07, 6.45) is 1.59. The van der Waals surface area contributed by atoms with Gasteiger partial charge in [-0.3, -0.25) is 14.6 Å². The van der Waals surface area contributed by atoms with E-state index in [1.165, 1.54) is 24.3 Å². The molecule has 0 unspecified atom stereocenters. The van der Waals surface area contributed by atoms with Crippen molar-refractivity contribution in [1.82, 2.24) is 5.32 Å². The number of furan rings is 1. The molecule has 2 amide bonds. The molecule has 3 aromatic rings. The van der Waals surface area contributed by atoms with Crippen molar-refractivity contribution in [2.45, 2.75) is 20.4 Å². The fourth-order valence-corrected chi connectivity index (χ4v) is 2.67. The Bertz CT molecular complexity index is 1120. The molecule has 32 heavy (non-hydrogen) atoms. The molecule has 0 atom stereocenters. The van der Waals surface area contributed by atoms with Gasteiger partial charge in [0, 0.05) is 5.69 Å². The van der Waals surface area contributed by atoms with Crippen LogP contribution >= 0.6 is 0 Å². The number of rotatable bonds is 7. The van der Waals surface area contributed by atoms with Crippen molar-refractivity contribution >= 4 is 35.4 Å². The van der Waals surface area contributed by atoms with Gasteiger partial charge in [-0.1, -0.05) is 17.7 Å². The molecule has 8 heteroatoms. The van der Waals surface area contributed by atoms with E-state index < -0.39 is 17.8 Å². The first-order valence-corrected chi connectivity index (χ1v) is 10.0. The number of nitrogens with one attached hydrogen (secondary N) is 2. The second-order valence-electron chi connectivity index (χ2n) is 6.83. The first kappa shape index (κ1) is 22.5. The van der Waals surface area contributed by atoms with Gasteiger partial charge in [0.2, 0.25) is 0 Å². The van der Waals surface area contributed by atoms with Gasteiger partial charge in [0.15, 0.2) is 0 Å². The number of anilines is 1. The highest BCUT2D eigenvalue weighted by atomic mass is 16.5. The summed E-state index contributed by atoms with van der Waals surface area (Å²) in [5, 5.41) is 4.96. The molecule has 1 heterocycles. The van der Waals surface area contributed by atoms with E-state index in [1.807, 2.05) is 31.2 Å². The Morgan fingerprint density at radius 3 is 2.38 bits per heavy atom. The van der Waals surface area contributed by atoms with E-state index in [-0.39, 0.29) is 13.2 Å². The van der Waals surface area contributed by atoms with Crippen LogP contribution in [0.5, 0.6) is 0 Å². The Kier molecular flexibility index (Phi) is 7.53. The van der Waals surface area contributed by atoms with Crippen LogP contribution in [0.4, 0.5) is 11.4 Å². The second kappa shape index (κ2) is 10.7. The predicted molar refractivity (Wildman–Crippen MR) is 120 cm³/mol. The third kappa shape index (κ3) is 6.40. The number of aliphatic imine (C=N–C) groups is 1. The van der Waals surface area contributed by atoms with E-state index >= 15 is 0 Å². The molecule has 1 aromatic heterocycles. The molecule has 0 aliphatic carbocycles. The molecule has 0 aliphatic rings. The van der Waals surface area contributed by atoms with Gasteiger partial charge in [-0.05, 0) is 62.4 Å². The lowest BCUT2D eigenvalue weighted by Gasteiger charge is -2.06. The SMILES string of the molecule is CCOC(=O)c1ccc(NC(=O)C(=O)NCc2ccc(C=Nc3ccc(C)cc3)o2)cc1. The van der Waals surface area contributed by atoms with Gasteiger partial charge in [-0.25, -0.2) is 4.79 Å². The molecule has 2 N–H and O–H groups in total. The summed E-state index contributed by atoms with van der Waals surface area (Å²) in [5.41, 5.74) is 2.69. The van der Waals surface area contributed by atoms with E-state index in [1.54, 1.807) is 25.3 Å². The average molecular weight is 433 g/mol. The van der Waals surface area contributed by atoms with Gasteiger partial charge in [-0.15, -0.1) is 0 Å². The Hall–Kier alpha value is -4.20. The topological polar surface area (TPSA) is 110 Å². The fraction of sp³-hybridized carbons (Fsp3) is 0.167. The van der Waals surface area contributed by atoms with Crippen LogP contribution in [0.3, 0.4) is 0 Å². The monoisotopic (exact) mass is 433 g/mol. The predicted octanol–water partition coefficient (Wildman–Crippen LogP) is 3.77. The molecule has 0 radical (unpaired) electrons. The summed E-state index contributed by atoms with van der Waals surface area (Å²) in [6, 6.07) is 17.2. The highest BCUT2D eigenvalue weighted by Crippen LogP contribution is 2.14. The van der Waals surface area contributed by atoms with Crippen LogP contribution in [-0.4, -0.2) is 30.6 Å². The first-order valence-electron chi connectivity index (χ1n) is 10.0. The molecular formula is C24H23N3O5. The largest absolute Gasteiger partial charge is 0.462 e. The number of amides is 2. The van der Waals surface area contributed by atoms with Crippen LogP contribution in [0.25, 0.3) is 0 Å². The van der Waals surface area contributed by atoms with Crippen molar-refractivity contribution in [3.05, 3.63) is 83.3 Å². The second-order valence-corrected chi connectivity index (χ2v) is 6.83. The lowest BCUT2D eigenvalue weighted by atomic mass is 10.2. The molecule has 0 spiro atoms.